The Hall–Kier alpha value is -2.57. The number of likely N-dealkylation sites (tertiary alicyclic amines) is 1. The molecule has 0 bridgehead atoms. The lowest BCUT2D eigenvalue weighted by molar-refractivity contribution is 0.0711. The fourth-order valence-electron chi connectivity index (χ4n) is 3.55. The van der Waals surface area contributed by atoms with Crippen molar-refractivity contribution in [3.05, 3.63) is 58.2 Å². The summed E-state index contributed by atoms with van der Waals surface area (Å²) < 4.78 is 5.33. The van der Waals surface area contributed by atoms with Gasteiger partial charge in [0.15, 0.2) is 0 Å². The molecule has 1 aliphatic heterocycles. The molecule has 6 nitrogen and oxygen atoms in total. The Kier molecular flexibility index (Phi) is 5.74. The Labute approximate surface area is 178 Å². The lowest BCUT2D eigenvalue weighted by Gasteiger charge is -2.33. The van der Waals surface area contributed by atoms with Crippen LogP contribution in [0.3, 0.4) is 0 Å². The van der Waals surface area contributed by atoms with E-state index in [1.807, 2.05) is 23.1 Å². The van der Waals surface area contributed by atoms with Gasteiger partial charge in [-0.3, -0.25) is 4.79 Å². The monoisotopic (exact) mass is 430 g/mol. The molecule has 1 aliphatic rings. The summed E-state index contributed by atoms with van der Waals surface area (Å²) >= 11 is 12.2. The molecule has 1 saturated heterocycles. The van der Waals surface area contributed by atoms with Gasteiger partial charge in [0.05, 0.1) is 18.2 Å². The van der Waals surface area contributed by atoms with Gasteiger partial charge >= 0.3 is 0 Å². The molecule has 4 rings (SSSR count). The summed E-state index contributed by atoms with van der Waals surface area (Å²) in [6.07, 6.45) is 3.57. The Morgan fingerprint density at radius 3 is 2.83 bits per heavy atom. The maximum Gasteiger partial charge on any atom is 0.257 e. The molecule has 1 aromatic heterocycles. The minimum absolute atomic E-state index is 0.0505. The topological polar surface area (TPSA) is 67.3 Å². The number of fused-ring (bicyclic) bond motifs is 1. The van der Waals surface area contributed by atoms with E-state index in [-0.39, 0.29) is 11.9 Å². The maximum atomic E-state index is 13.1. The molecule has 0 saturated carbocycles. The van der Waals surface area contributed by atoms with Crippen LogP contribution in [0.25, 0.3) is 10.9 Å². The number of carbonyl (C=O) groups is 1. The minimum atomic E-state index is -0.0953. The smallest absolute Gasteiger partial charge is 0.257 e. The van der Waals surface area contributed by atoms with E-state index in [2.05, 4.69) is 15.3 Å². The first-order valence-electron chi connectivity index (χ1n) is 9.35. The molecular formula is C21H20Cl2N4O2. The standard InChI is InChI=1S/C21H20Cl2N4O2/c1-29-19-7-6-14(22)9-17(19)20(28)27-8-2-3-16(12-27)25-21-24-11-13-4-5-15(23)10-18(13)26-21/h4-7,9-11,16H,2-3,8,12H2,1H3,(H,24,25,26). The van der Waals surface area contributed by atoms with Crippen LogP contribution in [0.4, 0.5) is 5.95 Å². The maximum absolute atomic E-state index is 13.1. The van der Waals surface area contributed by atoms with Crippen LogP contribution in [0.1, 0.15) is 23.2 Å². The summed E-state index contributed by atoms with van der Waals surface area (Å²) in [5.74, 6) is 0.950. The highest BCUT2D eigenvalue weighted by Gasteiger charge is 2.27. The van der Waals surface area contributed by atoms with Crippen LogP contribution in [-0.2, 0) is 0 Å². The largest absolute Gasteiger partial charge is 0.496 e. The molecule has 150 valence electrons. The van der Waals surface area contributed by atoms with Crippen LogP contribution in [-0.4, -0.2) is 47.0 Å². The first-order valence-corrected chi connectivity index (χ1v) is 10.1. The van der Waals surface area contributed by atoms with Crippen molar-refractivity contribution in [1.82, 2.24) is 14.9 Å². The van der Waals surface area contributed by atoms with Crippen LogP contribution in [0.15, 0.2) is 42.6 Å². The van der Waals surface area contributed by atoms with Crippen LogP contribution >= 0.6 is 23.2 Å². The molecule has 1 N–H and O–H groups in total. The van der Waals surface area contributed by atoms with Crippen molar-refractivity contribution in [3.8, 4) is 5.75 Å². The summed E-state index contributed by atoms with van der Waals surface area (Å²) in [4.78, 5) is 23.8. The zero-order valence-corrected chi connectivity index (χ0v) is 17.4. The number of benzene rings is 2. The molecule has 29 heavy (non-hydrogen) atoms. The molecule has 2 aromatic carbocycles. The molecule has 1 atom stereocenters. The van der Waals surface area contributed by atoms with Crippen LogP contribution in [0.2, 0.25) is 10.0 Å². The Bertz CT molecular complexity index is 1060. The van der Waals surface area contributed by atoms with Gasteiger partial charge in [-0.2, -0.15) is 0 Å². The van der Waals surface area contributed by atoms with Crippen LogP contribution < -0.4 is 10.1 Å². The predicted molar refractivity (Wildman–Crippen MR) is 115 cm³/mol. The number of nitrogens with one attached hydrogen (secondary N) is 1. The third kappa shape index (κ3) is 4.38. The number of aromatic nitrogens is 2. The van der Waals surface area contributed by atoms with Crippen molar-refractivity contribution in [2.24, 2.45) is 0 Å². The van der Waals surface area contributed by atoms with E-state index < -0.39 is 0 Å². The molecular weight excluding hydrogens is 411 g/mol. The van der Waals surface area contributed by atoms with Crippen molar-refractivity contribution in [3.63, 3.8) is 0 Å². The van der Waals surface area contributed by atoms with E-state index in [0.29, 0.717) is 40.4 Å². The Balaban J connectivity index is 1.50. The quantitative estimate of drug-likeness (QED) is 0.651. The van der Waals surface area contributed by atoms with Gasteiger partial charge in [0.2, 0.25) is 5.95 Å². The Morgan fingerprint density at radius 1 is 1.21 bits per heavy atom. The second-order valence-electron chi connectivity index (χ2n) is 6.98. The molecule has 0 spiro atoms. The molecule has 1 unspecified atom stereocenters. The number of carbonyl (C=O) groups excluding carboxylic acids is 1. The lowest BCUT2D eigenvalue weighted by Crippen LogP contribution is -2.45. The third-order valence-corrected chi connectivity index (χ3v) is 5.45. The van der Waals surface area contributed by atoms with Gasteiger partial charge in [0, 0.05) is 40.8 Å². The highest BCUT2D eigenvalue weighted by molar-refractivity contribution is 6.31. The van der Waals surface area contributed by atoms with Crippen LogP contribution in [0, 0.1) is 0 Å². The van der Waals surface area contributed by atoms with Crippen molar-refractivity contribution in [2.45, 2.75) is 18.9 Å². The average molecular weight is 431 g/mol. The molecule has 0 aliphatic carbocycles. The molecule has 8 heteroatoms. The van der Waals surface area contributed by atoms with Gasteiger partial charge in [-0.05, 0) is 49.2 Å². The fourth-order valence-corrected chi connectivity index (χ4v) is 3.88. The van der Waals surface area contributed by atoms with E-state index in [1.165, 1.54) is 0 Å². The third-order valence-electron chi connectivity index (χ3n) is 4.98. The van der Waals surface area contributed by atoms with Gasteiger partial charge in [-0.1, -0.05) is 23.2 Å². The first-order chi connectivity index (χ1) is 14.0. The number of hydrogen-bond donors (Lipinski definition) is 1. The van der Waals surface area contributed by atoms with E-state index in [9.17, 15) is 4.79 Å². The molecule has 1 amide bonds. The van der Waals surface area contributed by atoms with Gasteiger partial charge < -0.3 is 15.0 Å². The zero-order valence-electron chi connectivity index (χ0n) is 15.9. The van der Waals surface area contributed by atoms with Crippen molar-refractivity contribution < 1.29 is 9.53 Å². The van der Waals surface area contributed by atoms with E-state index in [0.717, 1.165) is 23.7 Å². The zero-order chi connectivity index (χ0) is 20.4. The van der Waals surface area contributed by atoms with E-state index >= 15 is 0 Å². The number of nitrogens with zero attached hydrogens (tertiary/aromatic N) is 3. The summed E-state index contributed by atoms with van der Waals surface area (Å²) in [5.41, 5.74) is 1.25. The molecule has 0 radical (unpaired) electrons. The number of hydrogen-bond acceptors (Lipinski definition) is 5. The summed E-state index contributed by atoms with van der Waals surface area (Å²) in [6.45, 7) is 1.23. The summed E-state index contributed by atoms with van der Waals surface area (Å²) in [7, 11) is 1.55. The summed E-state index contributed by atoms with van der Waals surface area (Å²) in [5, 5.41) is 5.41. The number of rotatable bonds is 4. The van der Waals surface area contributed by atoms with Crippen molar-refractivity contribution in [2.75, 3.05) is 25.5 Å². The predicted octanol–water partition coefficient (Wildman–Crippen LogP) is 4.66. The normalized spacial score (nSPS) is 16.7. The number of halogens is 2. The molecule has 2 heterocycles. The second-order valence-corrected chi connectivity index (χ2v) is 7.85. The lowest BCUT2D eigenvalue weighted by atomic mass is 10.0. The van der Waals surface area contributed by atoms with Gasteiger partial charge in [-0.15, -0.1) is 0 Å². The second kappa shape index (κ2) is 8.43. The minimum Gasteiger partial charge on any atom is -0.496 e. The average Bonchev–Trinajstić information content (AvgIpc) is 2.73. The first kappa shape index (κ1) is 19.7. The highest BCUT2D eigenvalue weighted by Crippen LogP contribution is 2.26. The summed E-state index contributed by atoms with van der Waals surface area (Å²) in [6, 6.07) is 10.6. The van der Waals surface area contributed by atoms with Crippen LogP contribution in [0.5, 0.6) is 5.75 Å². The van der Waals surface area contributed by atoms with Gasteiger partial charge in [0.1, 0.15) is 5.75 Å². The van der Waals surface area contributed by atoms with Gasteiger partial charge in [-0.25, -0.2) is 9.97 Å². The number of piperidine rings is 1. The molecule has 3 aromatic rings. The highest BCUT2D eigenvalue weighted by atomic mass is 35.5. The van der Waals surface area contributed by atoms with Gasteiger partial charge in [0.25, 0.3) is 5.91 Å². The fraction of sp³-hybridized carbons (Fsp3) is 0.286. The number of methoxy groups -OCH3 is 1. The van der Waals surface area contributed by atoms with Crippen molar-refractivity contribution in [1.29, 1.82) is 0 Å². The SMILES string of the molecule is COc1ccc(Cl)cc1C(=O)N1CCCC(Nc2ncc3ccc(Cl)cc3n2)C1. The molecule has 1 fully saturated rings. The number of anilines is 1. The number of ether oxygens (including phenoxy) is 1. The Morgan fingerprint density at radius 2 is 2.00 bits per heavy atom. The van der Waals surface area contributed by atoms with Crippen molar-refractivity contribution >= 4 is 46.0 Å². The van der Waals surface area contributed by atoms with E-state index in [1.54, 1.807) is 31.5 Å². The van der Waals surface area contributed by atoms with E-state index in [4.69, 9.17) is 27.9 Å². The number of amides is 1.